The third-order valence-electron chi connectivity index (χ3n) is 25.1. The summed E-state index contributed by atoms with van der Waals surface area (Å²) < 4.78 is 23.4. The van der Waals surface area contributed by atoms with Crippen molar-refractivity contribution in [3.8, 4) is 0 Å². The van der Waals surface area contributed by atoms with Crippen LogP contribution in [0.1, 0.15) is 235 Å². The molecule has 109 heavy (non-hydrogen) atoms. The molecule has 9 heterocycles. The summed E-state index contributed by atoms with van der Waals surface area (Å²) in [4.78, 5) is 60.1. The molecule has 3 aromatic rings. The molecule has 2 atom stereocenters. The number of anilines is 3. The molecule has 18 heteroatoms. The van der Waals surface area contributed by atoms with E-state index in [1.165, 1.54) is 122 Å². The van der Waals surface area contributed by atoms with Gasteiger partial charge in [0, 0.05) is 132 Å². The molecule has 0 aliphatic carbocycles. The minimum absolute atomic E-state index is 0.138. The number of nitrogens with zero attached hydrogens (tertiary/aromatic N) is 13. The lowest BCUT2D eigenvalue weighted by molar-refractivity contribution is -0.131. The number of amides is 2. The van der Waals surface area contributed by atoms with Crippen LogP contribution in [0.15, 0.2) is 61.3 Å². The Morgan fingerprint density at radius 3 is 1.14 bits per heavy atom. The van der Waals surface area contributed by atoms with Crippen molar-refractivity contribution < 1.29 is 23.5 Å². The fraction of sp³-hybridized carbons (Fsp3) is 0.824. The van der Waals surface area contributed by atoms with Crippen LogP contribution in [0, 0.1) is 85.1 Å². The Hall–Kier alpha value is -4.59. The van der Waals surface area contributed by atoms with Crippen molar-refractivity contribution in [3.05, 3.63) is 67.1 Å². The Morgan fingerprint density at radius 1 is 0.404 bits per heavy atom. The zero-order valence-electron chi connectivity index (χ0n) is 75.2. The van der Waals surface area contributed by atoms with E-state index >= 15 is 0 Å². The molecule has 7 saturated heterocycles. The number of carbonyl (C=O) groups excluding carboxylic acids is 2. The fourth-order valence-corrected chi connectivity index (χ4v) is 16.5. The number of methoxy groups -OCH3 is 2. The molecule has 0 bridgehead atoms. The van der Waals surface area contributed by atoms with E-state index in [1.54, 1.807) is 42.5 Å². The minimum Gasteiger partial charge on any atom is -0.383 e. The van der Waals surface area contributed by atoms with Gasteiger partial charge in [-0.1, -0.05) is 151 Å². The van der Waals surface area contributed by atoms with Gasteiger partial charge in [-0.05, 0) is 239 Å². The molecule has 7 aliphatic rings. The zero-order chi connectivity index (χ0) is 81.6. The SMILES string of the molecule is CC(C)(C)C1CCN(c2cccc(F)c2)CC1.CC(C)(C)C1CCN(c2ccncn2)CC1.CC(C)(C)C1CCN(c2ncccn2)CC1.CN(C)C(=O)CN1CCC(C(C)(C)C)CC1.CN(C)C(=O)CN1CCCC(C(C)(C)C)C1.COCCN1CCC(C(C)(C)C)CC1.COCCN1CCCC(C(C)(C)C)C1. The molecular weight excluding hydrogens is 1360 g/mol. The zero-order valence-corrected chi connectivity index (χ0v) is 75.2. The fourth-order valence-electron chi connectivity index (χ4n) is 16.5. The average Bonchev–Trinajstić information content (AvgIpc) is 0.868. The maximum absolute atomic E-state index is 13.2. The average molecular weight is 1530 g/mol. The molecule has 0 radical (unpaired) electrons. The largest absolute Gasteiger partial charge is 0.383 e. The predicted octanol–water partition coefficient (Wildman–Crippen LogP) is 18.0. The molecule has 2 amide bonds. The normalized spacial score (nSPS) is 20.7. The Kier molecular flexibility index (Phi) is 40.9. The van der Waals surface area contributed by atoms with Crippen LogP contribution in [-0.2, 0) is 19.1 Å². The molecular formula is C91H166FN13O4. The van der Waals surface area contributed by atoms with Gasteiger partial charge in [0.05, 0.1) is 26.3 Å². The third kappa shape index (κ3) is 37.1. The quantitative estimate of drug-likeness (QED) is 0.161. The standard InChI is InChI=1S/C15H22FN.2C13H21N3.2C13H26N2O.2C12H25NO/c1-15(2,3)12-7-9-17(10-8-12)14-6-4-5-13(16)11-14;1-13(2,3)11-5-8-16(9-6-11)12-4-7-14-10-15-12;1-13(2,3)11-5-9-16(10-6-11)12-14-7-4-8-15-12;1-13(2,3)11-6-8-15(9-7-11)10-12(16)14(4)5;1-13(2,3)11-7-6-8-15(9-11)10-12(16)14(4)5;1-12(2,3)11-5-7-13(8-6-11)9-10-14-4;1-12(2,3)11-6-5-7-13(10-11)8-9-14-4/h4-6,11-12H,7-10H2,1-3H3;4,7,10-11H,5-6,8-9H2,1-3H3;4,7-8,11H,5-6,9-10H2,1-3H3;2*11H,6-10H2,1-5H3;2*11H,5-10H2,1-4H3. The van der Waals surface area contributed by atoms with Gasteiger partial charge in [-0.3, -0.25) is 19.4 Å². The van der Waals surface area contributed by atoms with Crippen LogP contribution in [0.5, 0.6) is 0 Å². The first-order valence-corrected chi connectivity index (χ1v) is 42.6. The smallest absolute Gasteiger partial charge is 0.236 e. The Bertz CT molecular complexity index is 2840. The number of benzene rings is 1. The number of rotatable bonds is 13. The number of halogens is 1. The Labute approximate surface area is 668 Å². The number of hydrogen-bond donors (Lipinski definition) is 0. The maximum Gasteiger partial charge on any atom is 0.236 e. The Morgan fingerprint density at radius 2 is 0.761 bits per heavy atom. The van der Waals surface area contributed by atoms with Crippen LogP contribution in [0.25, 0.3) is 0 Å². The monoisotopic (exact) mass is 1520 g/mol. The van der Waals surface area contributed by atoms with Gasteiger partial charge < -0.3 is 43.8 Å². The van der Waals surface area contributed by atoms with Crippen molar-refractivity contribution in [3.63, 3.8) is 0 Å². The van der Waals surface area contributed by atoms with Crippen LogP contribution < -0.4 is 14.7 Å². The van der Waals surface area contributed by atoms with E-state index < -0.39 is 0 Å². The highest BCUT2D eigenvalue weighted by molar-refractivity contribution is 5.78. The van der Waals surface area contributed by atoms with Gasteiger partial charge in [-0.25, -0.2) is 24.3 Å². The lowest BCUT2D eigenvalue weighted by Gasteiger charge is -2.39. The molecule has 626 valence electrons. The van der Waals surface area contributed by atoms with Gasteiger partial charge in [0.1, 0.15) is 18.0 Å². The van der Waals surface area contributed by atoms with Crippen LogP contribution in [0.2, 0.25) is 0 Å². The summed E-state index contributed by atoms with van der Waals surface area (Å²) in [5.41, 5.74) is 4.03. The van der Waals surface area contributed by atoms with Crippen LogP contribution in [0.4, 0.5) is 21.8 Å². The van der Waals surface area contributed by atoms with Crippen molar-refractivity contribution in [2.45, 2.75) is 235 Å². The summed E-state index contributed by atoms with van der Waals surface area (Å²) in [6.45, 7) is 70.0. The molecule has 10 rings (SSSR count). The summed E-state index contributed by atoms with van der Waals surface area (Å²) in [6.07, 6.45) is 25.0. The highest BCUT2D eigenvalue weighted by Crippen LogP contribution is 2.40. The van der Waals surface area contributed by atoms with E-state index in [-0.39, 0.29) is 17.6 Å². The number of ether oxygens (including phenoxy) is 2. The van der Waals surface area contributed by atoms with Crippen molar-refractivity contribution in [2.75, 3.05) is 188 Å². The first-order valence-electron chi connectivity index (χ1n) is 42.6. The highest BCUT2D eigenvalue weighted by Gasteiger charge is 2.36. The molecule has 0 N–H and O–H groups in total. The minimum atomic E-state index is -0.138. The molecule has 0 saturated carbocycles. The summed E-state index contributed by atoms with van der Waals surface area (Å²) in [5, 5.41) is 0. The van der Waals surface area contributed by atoms with E-state index in [1.807, 2.05) is 65.0 Å². The lowest BCUT2D eigenvalue weighted by atomic mass is 9.75. The number of piperidine rings is 7. The van der Waals surface area contributed by atoms with Gasteiger partial charge in [-0.15, -0.1) is 0 Å². The number of carbonyl (C=O) groups is 2. The number of likely N-dealkylation sites (N-methyl/N-ethyl adjacent to an activating group) is 2. The second-order valence-corrected chi connectivity index (χ2v) is 40.9. The lowest BCUT2D eigenvalue weighted by Crippen LogP contribution is -2.45. The first kappa shape index (κ1) is 96.8. The van der Waals surface area contributed by atoms with E-state index in [2.05, 4.69) is 200 Å². The summed E-state index contributed by atoms with van der Waals surface area (Å²) >= 11 is 0. The highest BCUT2D eigenvalue weighted by atomic mass is 19.1. The molecule has 17 nitrogen and oxygen atoms in total. The summed E-state index contributed by atoms with van der Waals surface area (Å²) in [6, 6.07) is 10.8. The summed E-state index contributed by atoms with van der Waals surface area (Å²) in [5.74, 6) is 7.98. The van der Waals surface area contributed by atoms with Crippen LogP contribution in [-0.4, -0.2) is 235 Å². The van der Waals surface area contributed by atoms with Crippen molar-refractivity contribution >= 4 is 29.3 Å². The van der Waals surface area contributed by atoms with Gasteiger partial charge in [0.25, 0.3) is 0 Å². The van der Waals surface area contributed by atoms with Gasteiger partial charge >= 0.3 is 0 Å². The van der Waals surface area contributed by atoms with E-state index in [0.717, 1.165) is 151 Å². The van der Waals surface area contributed by atoms with Crippen molar-refractivity contribution in [1.29, 1.82) is 0 Å². The second kappa shape index (κ2) is 46.1. The van der Waals surface area contributed by atoms with Gasteiger partial charge in [0.15, 0.2) is 0 Å². The van der Waals surface area contributed by atoms with Crippen LogP contribution in [0.3, 0.4) is 0 Å². The number of hydrogen-bond acceptors (Lipinski definition) is 15. The second-order valence-electron chi connectivity index (χ2n) is 40.9. The Balaban J connectivity index is 0.000000269. The third-order valence-corrected chi connectivity index (χ3v) is 25.1. The topological polar surface area (TPSA) is 133 Å². The van der Waals surface area contributed by atoms with Crippen molar-refractivity contribution in [2.24, 2.45) is 79.3 Å². The molecule has 7 fully saturated rings. The van der Waals surface area contributed by atoms with Gasteiger partial charge in [0.2, 0.25) is 17.8 Å². The number of aromatic nitrogens is 4. The van der Waals surface area contributed by atoms with Crippen molar-refractivity contribution in [1.82, 2.24) is 49.3 Å². The first-order chi connectivity index (χ1) is 50.8. The van der Waals surface area contributed by atoms with Gasteiger partial charge in [-0.2, -0.15) is 0 Å². The number of likely N-dealkylation sites (tertiary alicyclic amines) is 4. The van der Waals surface area contributed by atoms with E-state index in [0.29, 0.717) is 51.0 Å². The van der Waals surface area contributed by atoms with E-state index in [9.17, 15) is 14.0 Å². The molecule has 1 aromatic carbocycles. The molecule has 7 aliphatic heterocycles. The molecule has 2 unspecified atom stereocenters. The van der Waals surface area contributed by atoms with E-state index in [4.69, 9.17) is 9.47 Å². The molecule has 0 spiro atoms. The maximum atomic E-state index is 13.2. The van der Waals surface area contributed by atoms with Crippen LogP contribution >= 0.6 is 0 Å². The predicted molar refractivity (Wildman–Crippen MR) is 459 cm³/mol. The summed E-state index contributed by atoms with van der Waals surface area (Å²) in [7, 11) is 10.9. The molecule has 2 aromatic heterocycles.